The highest BCUT2D eigenvalue weighted by atomic mass is 35.5. The monoisotopic (exact) mass is 291 g/mol. The molecule has 4 heteroatoms. The number of hydrogen-bond donors (Lipinski definition) is 1. The molecule has 0 saturated heterocycles. The molecular weight excluding hydrogens is 278 g/mol. The van der Waals surface area contributed by atoms with Crippen LogP contribution in [0.1, 0.15) is 35.9 Å². The Balaban J connectivity index is 2.04. The lowest BCUT2D eigenvalue weighted by molar-refractivity contribution is -0.119. The third-order valence-corrected chi connectivity index (χ3v) is 4.87. The van der Waals surface area contributed by atoms with Crippen LogP contribution in [0.2, 0.25) is 0 Å². The first-order chi connectivity index (χ1) is 9.00. The number of thiophene rings is 1. The molecule has 1 amide bonds. The maximum Gasteiger partial charge on any atom is 0.234 e. The molecule has 1 aromatic carbocycles. The van der Waals surface area contributed by atoms with E-state index in [1.54, 1.807) is 11.3 Å². The van der Waals surface area contributed by atoms with Crippen molar-refractivity contribution in [2.75, 3.05) is 5.32 Å². The molecule has 0 saturated carbocycles. The van der Waals surface area contributed by atoms with Gasteiger partial charge in [-0.15, -0.1) is 11.6 Å². The minimum atomic E-state index is -0.489. The first kappa shape index (κ1) is 12.7. The molecule has 0 bridgehead atoms. The van der Waals surface area contributed by atoms with Gasteiger partial charge >= 0.3 is 0 Å². The van der Waals surface area contributed by atoms with Gasteiger partial charge in [0.1, 0.15) is 0 Å². The standard InChI is InChI=1S/C15H14ClNOS/c1-15(2)11-7-9(3-4-12(11)17-14(15)18)13(16)10-5-6-19-8-10/h3-8,13H,1-2H3,(H,17,18). The molecule has 1 unspecified atom stereocenters. The molecule has 3 rings (SSSR count). The molecule has 2 aromatic rings. The van der Waals surface area contributed by atoms with E-state index >= 15 is 0 Å². The smallest absolute Gasteiger partial charge is 0.234 e. The number of halogens is 1. The highest BCUT2D eigenvalue weighted by Gasteiger charge is 2.38. The summed E-state index contributed by atoms with van der Waals surface area (Å²) >= 11 is 8.14. The van der Waals surface area contributed by atoms with Crippen molar-refractivity contribution in [3.05, 3.63) is 51.7 Å². The van der Waals surface area contributed by atoms with Gasteiger partial charge in [0.25, 0.3) is 0 Å². The van der Waals surface area contributed by atoms with Crippen LogP contribution in [0.25, 0.3) is 0 Å². The molecule has 2 heterocycles. The first-order valence-corrected chi connectivity index (χ1v) is 7.50. The lowest BCUT2D eigenvalue weighted by Crippen LogP contribution is -2.26. The Bertz CT molecular complexity index is 634. The largest absolute Gasteiger partial charge is 0.325 e. The Morgan fingerprint density at radius 1 is 1.26 bits per heavy atom. The van der Waals surface area contributed by atoms with E-state index in [-0.39, 0.29) is 11.3 Å². The van der Waals surface area contributed by atoms with E-state index in [1.807, 2.05) is 43.5 Å². The molecule has 2 nitrogen and oxygen atoms in total. The molecule has 0 spiro atoms. The van der Waals surface area contributed by atoms with Crippen LogP contribution in [0.4, 0.5) is 5.69 Å². The van der Waals surface area contributed by atoms with E-state index in [0.717, 1.165) is 22.4 Å². The summed E-state index contributed by atoms with van der Waals surface area (Å²) in [7, 11) is 0. The maximum absolute atomic E-state index is 11.9. The minimum absolute atomic E-state index is 0.0429. The molecule has 1 aliphatic rings. The quantitative estimate of drug-likeness (QED) is 0.821. The van der Waals surface area contributed by atoms with Gasteiger partial charge in [-0.05, 0) is 53.4 Å². The zero-order chi connectivity index (χ0) is 13.6. The molecule has 1 aromatic heterocycles. The van der Waals surface area contributed by atoms with E-state index in [4.69, 9.17) is 11.6 Å². The lowest BCUT2D eigenvalue weighted by Gasteiger charge is -2.17. The molecule has 1 aliphatic heterocycles. The molecular formula is C15H14ClNOS. The predicted molar refractivity (Wildman–Crippen MR) is 80.1 cm³/mol. The van der Waals surface area contributed by atoms with Crippen LogP contribution in [0.15, 0.2) is 35.0 Å². The van der Waals surface area contributed by atoms with Crippen LogP contribution in [0, 0.1) is 0 Å². The summed E-state index contributed by atoms with van der Waals surface area (Å²) in [5.74, 6) is 0.0429. The third kappa shape index (κ3) is 1.97. The number of alkyl halides is 1. The van der Waals surface area contributed by atoms with Gasteiger partial charge in [-0.2, -0.15) is 11.3 Å². The minimum Gasteiger partial charge on any atom is -0.325 e. The Kier molecular flexibility index (Phi) is 2.91. The van der Waals surface area contributed by atoms with E-state index < -0.39 is 5.41 Å². The maximum atomic E-state index is 11.9. The second-order valence-corrected chi connectivity index (χ2v) is 6.52. The van der Waals surface area contributed by atoms with E-state index in [2.05, 4.69) is 10.7 Å². The van der Waals surface area contributed by atoms with Gasteiger partial charge in [0.15, 0.2) is 0 Å². The molecule has 1 N–H and O–H groups in total. The molecule has 0 aliphatic carbocycles. The van der Waals surface area contributed by atoms with Crippen LogP contribution in [0.3, 0.4) is 0 Å². The fourth-order valence-corrected chi connectivity index (χ4v) is 3.39. The topological polar surface area (TPSA) is 29.1 Å². The lowest BCUT2D eigenvalue weighted by atomic mass is 9.85. The number of amides is 1. The number of rotatable bonds is 2. The van der Waals surface area contributed by atoms with Crippen molar-refractivity contribution in [2.45, 2.75) is 24.6 Å². The van der Waals surface area contributed by atoms with Crippen molar-refractivity contribution >= 4 is 34.5 Å². The molecule has 0 fully saturated rings. The van der Waals surface area contributed by atoms with E-state index in [9.17, 15) is 4.79 Å². The van der Waals surface area contributed by atoms with Gasteiger partial charge in [-0.3, -0.25) is 4.79 Å². The summed E-state index contributed by atoms with van der Waals surface area (Å²) < 4.78 is 0. The van der Waals surface area contributed by atoms with Crippen molar-refractivity contribution in [3.8, 4) is 0 Å². The van der Waals surface area contributed by atoms with E-state index in [1.165, 1.54) is 0 Å². The molecule has 98 valence electrons. The first-order valence-electron chi connectivity index (χ1n) is 6.12. The number of anilines is 1. The normalized spacial score (nSPS) is 17.9. The zero-order valence-electron chi connectivity index (χ0n) is 10.7. The highest BCUT2D eigenvalue weighted by molar-refractivity contribution is 7.08. The van der Waals surface area contributed by atoms with Gasteiger partial charge in [0, 0.05) is 5.69 Å². The summed E-state index contributed by atoms with van der Waals surface area (Å²) in [6.45, 7) is 3.87. The Morgan fingerprint density at radius 3 is 2.74 bits per heavy atom. The van der Waals surface area contributed by atoms with Crippen molar-refractivity contribution in [3.63, 3.8) is 0 Å². The Morgan fingerprint density at radius 2 is 2.05 bits per heavy atom. The highest BCUT2D eigenvalue weighted by Crippen LogP contribution is 2.40. The number of carbonyl (C=O) groups is 1. The number of fused-ring (bicyclic) bond motifs is 1. The average molecular weight is 292 g/mol. The van der Waals surface area contributed by atoms with Crippen molar-refractivity contribution in [1.82, 2.24) is 0 Å². The second kappa shape index (κ2) is 4.36. The molecule has 0 radical (unpaired) electrons. The van der Waals surface area contributed by atoms with Crippen LogP contribution < -0.4 is 5.32 Å². The van der Waals surface area contributed by atoms with Gasteiger partial charge < -0.3 is 5.32 Å². The van der Waals surface area contributed by atoms with Crippen molar-refractivity contribution < 1.29 is 4.79 Å². The Hall–Kier alpha value is -1.32. The Labute approximate surface area is 121 Å². The average Bonchev–Trinajstić information content (AvgIpc) is 2.98. The van der Waals surface area contributed by atoms with Crippen molar-refractivity contribution in [2.24, 2.45) is 0 Å². The zero-order valence-corrected chi connectivity index (χ0v) is 12.3. The molecule has 19 heavy (non-hydrogen) atoms. The van der Waals surface area contributed by atoms with Gasteiger partial charge in [-0.25, -0.2) is 0 Å². The second-order valence-electron chi connectivity index (χ2n) is 5.30. The van der Waals surface area contributed by atoms with Crippen LogP contribution >= 0.6 is 22.9 Å². The predicted octanol–water partition coefficient (Wildman–Crippen LogP) is 4.31. The summed E-state index contributed by atoms with van der Waals surface area (Å²) in [5.41, 5.74) is 3.56. The molecule has 1 atom stereocenters. The summed E-state index contributed by atoms with van der Waals surface area (Å²) in [5, 5.41) is 6.82. The SMILES string of the molecule is CC1(C)C(=O)Nc2ccc(C(Cl)c3ccsc3)cc21. The van der Waals surface area contributed by atoms with Gasteiger partial charge in [0.05, 0.1) is 10.8 Å². The van der Waals surface area contributed by atoms with Crippen molar-refractivity contribution in [1.29, 1.82) is 0 Å². The number of hydrogen-bond acceptors (Lipinski definition) is 2. The summed E-state index contributed by atoms with van der Waals surface area (Å²) in [6, 6.07) is 8.00. The fraction of sp³-hybridized carbons (Fsp3) is 0.267. The third-order valence-electron chi connectivity index (χ3n) is 3.66. The van der Waals surface area contributed by atoms with Crippen LogP contribution in [-0.2, 0) is 10.2 Å². The number of benzene rings is 1. The number of carbonyl (C=O) groups excluding carboxylic acids is 1. The van der Waals surface area contributed by atoms with Crippen LogP contribution in [0.5, 0.6) is 0 Å². The van der Waals surface area contributed by atoms with Gasteiger partial charge in [0.2, 0.25) is 5.91 Å². The summed E-state index contributed by atoms with van der Waals surface area (Å²) in [6.07, 6.45) is 0. The van der Waals surface area contributed by atoms with E-state index in [0.29, 0.717) is 0 Å². The summed E-state index contributed by atoms with van der Waals surface area (Å²) in [4.78, 5) is 11.9. The fourth-order valence-electron chi connectivity index (χ4n) is 2.36. The van der Waals surface area contributed by atoms with Gasteiger partial charge in [-0.1, -0.05) is 12.1 Å². The number of nitrogens with one attached hydrogen (secondary N) is 1. The van der Waals surface area contributed by atoms with Crippen LogP contribution in [-0.4, -0.2) is 5.91 Å².